The Bertz CT molecular complexity index is 298. The molecule has 84 valence electrons. The fraction of sp³-hybridized carbons (Fsp3) is 0.778. The van der Waals surface area contributed by atoms with Crippen LogP contribution in [0.5, 0.6) is 0 Å². The summed E-state index contributed by atoms with van der Waals surface area (Å²) in [5.41, 5.74) is -0.300. The van der Waals surface area contributed by atoms with Crippen LogP contribution in [0.3, 0.4) is 0 Å². The number of cyclic esters (lactones) is 1. The van der Waals surface area contributed by atoms with Gasteiger partial charge in [-0.1, -0.05) is 0 Å². The molecule has 15 heavy (non-hydrogen) atoms. The SMILES string of the molecule is CON(C)C(=O)C1CC2(COC(=O)N2)C1. The maximum absolute atomic E-state index is 11.6. The quantitative estimate of drug-likeness (QED) is 0.651. The molecule has 0 bridgehead atoms. The van der Waals surface area contributed by atoms with Crippen LogP contribution in [0.25, 0.3) is 0 Å². The van der Waals surface area contributed by atoms with Gasteiger partial charge in [0.25, 0.3) is 0 Å². The molecular formula is C9H14N2O4. The van der Waals surface area contributed by atoms with Crippen molar-refractivity contribution in [2.24, 2.45) is 5.92 Å². The smallest absolute Gasteiger partial charge is 0.407 e. The monoisotopic (exact) mass is 214 g/mol. The summed E-state index contributed by atoms with van der Waals surface area (Å²) >= 11 is 0. The number of hydrogen-bond donors (Lipinski definition) is 1. The number of hydrogen-bond acceptors (Lipinski definition) is 4. The molecule has 0 aromatic rings. The van der Waals surface area contributed by atoms with Gasteiger partial charge in [0, 0.05) is 13.0 Å². The third-order valence-corrected chi connectivity index (χ3v) is 3.05. The molecule has 1 heterocycles. The molecule has 1 saturated heterocycles. The summed E-state index contributed by atoms with van der Waals surface area (Å²) in [4.78, 5) is 27.3. The molecule has 2 rings (SSSR count). The normalized spacial score (nSPS) is 33.2. The molecule has 2 aliphatic rings. The molecule has 2 fully saturated rings. The second-order valence-corrected chi connectivity index (χ2v) is 4.10. The Morgan fingerprint density at radius 2 is 2.33 bits per heavy atom. The molecular weight excluding hydrogens is 200 g/mol. The number of nitrogens with zero attached hydrogens (tertiary/aromatic N) is 1. The van der Waals surface area contributed by atoms with E-state index in [-0.39, 0.29) is 23.5 Å². The van der Waals surface area contributed by atoms with Gasteiger partial charge in [-0.15, -0.1) is 0 Å². The Balaban J connectivity index is 1.88. The highest BCUT2D eigenvalue weighted by Crippen LogP contribution is 2.41. The van der Waals surface area contributed by atoms with Crippen molar-refractivity contribution in [2.75, 3.05) is 20.8 Å². The van der Waals surface area contributed by atoms with E-state index in [1.165, 1.54) is 12.2 Å². The Morgan fingerprint density at radius 3 is 2.80 bits per heavy atom. The average Bonchev–Trinajstić information content (AvgIpc) is 2.56. The van der Waals surface area contributed by atoms with E-state index in [0.717, 1.165) is 0 Å². The van der Waals surface area contributed by atoms with Crippen LogP contribution in [-0.4, -0.2) is 43.4 Å². The number of rotatable bonds is 2. The number of alkyl carbamates (subject to hydrolysis) is 1. The number of ether oxygens (including phenoxy) is 1. The maximum Gasteiger partial charge on any atom is 0.407 e. The number of hydroxylamine groups is 2. The lowest BCUT2D eigenvalue weighted by Crippen LogP contribution is -2.57. The fourth-order valence-corrected chi connectivity index (χ4v) is 2.12. The molecule has 0 aromatic carbocycles. The van der Waals surface area contributed by atoms with Crippen molar-refractivity contribution < 1.29 is 19.2 Å². The Morgan fingerprint density at radius 1 is 1.67 bits per heavy atom. The minimum Gasteiger partial charge on any atom is -0.447 e. The van der Waals surface area contributed by atoms with E-state index in [1.54, 1.807) is 7.05 Å². The van der Waals surface area contributed by atoms with Crippen LogP contribution in [0.1, 0.15) is 12.8 Å². The molecule has 1 aliphatic carbocycles. The van der Waals surface area contributed by atoms with Gasteiger partial charge in [0.2, 0.25) is 5.91 Å². The zero-order chi connectivity index (χ0) is 11.1. The zero-order valence-electron chi connectivity index (χ0n) is 8.78. The first-order valence-electron chi connectivity index (χ1n) is 4.83. The Kier molecular flexibility index (Phi) is 2.30. The van der Waals surface area contributed by atoms with Crippen molar-refractivity contribution >= 4 is 12.0 Å². The molecule has 1 saturated carbocycles. The Hall–Kier alpha value is -1.30. The summed E-state index contributed by atoms with van der Waals surface area (Å²) in [7, 11) is 3.03. The van der Waals surface area contributed by atoms with Gasteiger partial charge in [0.1, 0.15) is 6.61 Å². The van der Waals surface area contributed by atoms with Crippen LogP contribution in [0.15, 0.2) is 0 Å². The fourth-order valence-electron chi connectivity index (χ4n) is 2.12. The van der Waals surface area contributed by atoms with Crippen molar-refractivity contribution in [2.45, 2.75) is 18.4 Å². The van der Waals surface area contributed by atoms with E-state index in [9.17, 15) is 9.59 Å². The van der Waals surface area contributed by atoms with Gasteiger partial charge >= 0.3 is 6.09 Å². The summed E-state index contributed by atoms with van der Waals surface area (Å²) in [6, 6.07) is 0. The van der Waals surface area contributed by atoms with Crippen molar-refractivity contribution in [3.63, 3.8) is 0 Å². The van der Waals surface area contributed by atoms with E-state index >= 15 is 0 Å². The molecule has 1 N–H and O–H groups in total. The third-order valence-electron chi connectivity index (χ3n) is 3.05. The van der Waals surface area contributed by atoms with E-state index < -0.39 is 0 Å². The summed E-state index contributed by atoms with van der Waals surface area (Å²) in [6.45, 7) is 0.367. The summed E-state index contributed by atoms with van der Waals surface area (Å²) < 4.78 is 4.82. The zero-order valence-corrected chi connectivity index (χ0v) is 8.78. The molecule has 0 radical (unpaired) electrons. The highest BCUT2D eigenvalue weighted by Gasteiger charge is 2.53. The van der Waals surface area contributed by atoms with Gasteiger partial charge in [0.15, 0.2) is 0 Å². The van der Waals surface area contributed by atoms with Gasteiger partial charge in [-0.3, -0.25) is 9.63 Å². The van der Waals surface area contributed by atoms with Crippen molar-refractivity contribution in [1.82, 2.24) is 10.4 Å². The maximum atomic E-state index is 11.6. The lowest BCUT2D eigenvalue weighted by atomic mass is 9.68. The first-order chi connectivity index (χ1) is 7.06. The van der Waals surface area contributed by atoms with Gasteiger partial charge < -0.3 is 10.1 Å². The average molecular weight is 214 g/mol. The molecule has 1 spiro atoms. The van der Waals surface area contributed by atoms with E-state index in [1.807, 2.05) is 0 Å². The van der Waals surface area contributed by atoms with E-state index in [2.05, 4.69) is 5.32 Å². The van der Waals surface area contributed by atoms with Gasteiger partial charge in [-0.05, 0) is 12.8 Å². The minimum absolute atomic E-state index is 0.0516. The number of amides is 2. The van der Waals surface area contributed by atoms with Crippen LogP contribution in [0.2, 0.25) is 0 Å². The molecule has 6 heteroatoms. The number of nitrogens with one attached hydrogen (secondary N) is 1. The predicted molar refractivity (Wildman–Crippen MR) is 49.7 cm³/mol. The molecule has 1 aliphatic heterocycles. The van der Waals surface area contributed by atoms with Crippen molar-refractivity contribution in [1.29, 1.82) is 0 Å². The molecule has 0 aromatic heterocycles. The minimum atomic E-state index is -0.388. The highest BCUT2D eigenvalue weighted by molar-refractivity contribution is 5.80. The summed E-state index contributed by atoms with van der Waals surface area (Å²) in [5.74, 6) is -0.124. The largest absolute Gasteiger partial charge is 0.447 e. The van der Waals surface area contributed by atoms with Crippen LogP contribution in [0.4, 0.5) is 4.79 Å². The molecule has 0 atom stereocenters. The van der Waals surface area contributed by atoms with Crippen LogP contribution in [-0.2, 0) is 14.4 Å². The summed E-state index contributed by atoms with van der Waals surface area (Å²) in [5, 5.41) is 3.95. The van der Waals surface area contributed by atoms with Crippen LogP contribution in [0, 0.1) is 5.92 Å². The lowest BCUT2D eigenvalue weighted by Gasteiger charge is -2.42. The van der Waals surface area contributed by atoms with Gasteiger partial charge in [-0.2, -0.15) is 0 Å². The number of carbonyl (C=O) groups excluding carboxylic acids is 2. The predicted octanol–water partition coefficient (Wildman–Crippen LogP) is -0.105. The van der Waals surface area contributed by atoms with Gasteiger partial charge in [-0.25, -0.2) is 9.86 Å². The second-order valence-electron chi connectivity index (χ2n) is 4.10. The molecule has 2 amide bonds. The standard InChI is InChI=1S/C9H14N2O4/c1-11(14-2)7(12)6-3-9(4-6)5-15-8(13)10-9/h6H,3-5H2,1-2H3,(H,10,13). The first-order valence-corrected chi connectivity index (χ1v) is 4.83. The first kappa shape index (κ1) is 10.2. The topological polar surface area (TPSA) is 67.9 Å². The molecule has 0 unspecified atom stereocenters. The lowest BCUT2D eigenvalue weighted by molar-refractivity contribution is -0.178. The highest BCUT2D eigenvalue weighted by atomic mass is 16.7. The van der Waals surface area contributed by atoms with E-state index in [0.29, 0.717) is 19.4 Å². The van der Waals surface area contributed by atoms with Crippen LogP contribution < -0.4 is 5.32 Å². The summed E-state index contributed by atoms with van der Waals surface area (Å²) in [6.07, 6.45) is 0.872. The van der Waals surface area contributed by atoms with Crippen molar-refractivity contribution in [3.05, 3.63) is 0 Å². The van der Waals surface area contributed by atoms with E-state index in [4.69, 9.17) is 9.57 Å². The molecule has 6 nitrogen and oxygen atoms in total. The second kappa shape index (κ2) is 3.37. The number of carbonyl (C=O) groups is 2. The van der Waals surface area contributed by atoms with Crippen LogP contribution >= 0.6 is 0 Å². The van der Waals surface area contributed by atoms with Crippen molar-refractivity contribution in [3.8, 4) is 0 Å². The van der Waals surface area contributed by atoms with Gasteiger partial charge in [0.05, 0.1) is 12.6 Å². The third kappa shape index (κ3) is 1.65. The Labute approximate surface area is 87.5 Å².